The first-order chi connectivity index (χ1) is 9.87. The van der Waals surface area contributed by atoms with Crippen LogP contribution in [0.25, 0.3) is 0 Å². The molecule has 0 aromatic rings. The predicted molar refractivity (Wildman–Crippen MR) is 88.5 cm³/mol. The molecule has 21 heavy (non-hydrogen) atoms. The van der Waals surface area contributed by atoms with Gasteiger partial charge in [-0.15, -0.1) is 0 Å². The van der Waals surface area contributed by atoms with Crippen LogP contribution in [0.3, 0.4) is 0 Å². The molecule has 2 heterocycles. The molecule has 0 saturated carbocycles. The SMILES string of the molecule is CC(C)CCN1CCN(C2(CN)CCOC(C)(C)C2)CC1. The van der Waals surface area contributed by atoms with Gasteiger partial charge in [0.1, 0.15) is 0 Å². The molecule has 2 fully saturated rings. The minimum atomic E-state index is -0.0353. The number of ether oxygens (including phenoxy) is 1. The van der Waals surface area contributed by atoms with Gasteiger partial charge >= 0.3 is 0 Å². The average molecular weight is 297 g/mol. The van der Waals surface area contributed by atoms with E-state index in [1.807, 2.05) is 0 Å². The standard InChI is InChI=1S/C17H35N3O/c1-15(2)5-7-19-8-10-20(11-9-19)17(14-18)6-12-21-16(3,4)13-17/h15H,5-14,18H2,1-4H3. The molecule has 4 heteroatoms. The molecule has 2 N–H and O–H groups in total. The molecule has 0 aromatic heterocycles. The molecule has 2 saturated heterocycles. The van der Waals surface area contributed by atoms with E-state index in [1.54, 1.807) is 0 Å². The first-order valence-electron chi connectivity index (χ1n) is 8.68. The summed E-state index contributed by atoms with van der Waals surface area (Å²) in [6.45, 7) is 16.6. The van der Waals surface area contributed by atoms with Crippen LogP contribution in [0.15, 0.2) is 0 Å². The molecule has 1 unspecified atom stereocenters. The molecule has 4 nitrogen and oxygen atoms in total. The molecule has 0 spiro atoms. The van der Waals surface area contributed by atoms with Crippen molar-refractivity contribution >= 4 is 0 Å². The van der Waals surface area contributed by atoms with Gasteiger partial charge in [0.25, 0.3) is 0 Å². The minimum absolute atomic E-state index is 0.0353. The van der Waals surface area contributed by atoms with Gasteiger partial charge in [-0.25, -0.2) is 0 Å². The third kappa shape index (κ3) is 4.41. The summed E-state index contributed by atoms with van der Waals surface area (Å²) < 4.78 is 5.91. The second-order valence-corrected chi connectivity index (χ2v) is 7.97. The summed E-state index contributed by atoms with van der Waals surface area (Å²) >= 11 is 0. The fourth-order valence-corrected chi connectivity index (χ4v) is 3.91. The van der Waals surface area contributed by atoms with Gasteiger partial charge in [0.05, 0.1) is 5.60 Å². The van der Waals surface area contributed by atoms with Crippen LogP contribution in [0.5, 0.6) is 0 Å². The smallest absolute Gasteiger partial charge is 0.0644 e. The van der Waals surface area contributed by atoms with Crippen molar-refractivity contribution in [3.05, 3.63) is 0 Å². The molecule has 2 rings (SSSR count). The van der Waals surface area contributed by atoms with E-state index in [1.165, 1.54) is 26.1 Å². The zero-order chi connectivity index (χ0) is 15.5. The second kappa shape index (κ2) is 6.95. The molecular weight excluding hydrogens is 262 g/mol. The van der Waals surface area contributed by atoms with E-state index in [2.05, 4.69) is 37.5 Å². The molecule has 0 amide bonds. The van der Waals surface area contributed by atoms with E-state index < -0.39 is 0 Å². The number of hydrogen-bond donors (Lipinski definition) is 1. The van der Waals surface area contributed by atoms with Gasteiger partial charge in [-0.05, 0) is 45.6 Å². The molecule has 2 aliphatic heterocycles. The highest BCUT2D eigenvalue weighted by atomic mass is 16.5. The molecule has 1 atom stereocenters. The van der Waals surface area contributed by atoms with Crippen molar-refractivity contribution in [2.45, 2.75) is 58.1 Å². The van der Waals surface area contributed by atoms with Gasteiger partial charge in [-0.1, -0.05) is 13.8 Å². The normalized spacial score (nSPS) is 31.7. The maximum atomic E-state index is 6.21. The van der Waals surface area contributed by atoms with Gasteiger partial charge in [-0.3, -0.25) is 4.90 Å². The number of piperazine rings is 1. The predicted octanol–water partition coefficient (Wildman–Crippen LogP) is 1.94. The lowest BCUT2D eigenvalue weighted by Gasteiger charge is -2.53. The fourth-order valence-electron chi connectivity index (χ4n) is 3.91. The van der Waals surface area contributed by atoms with Crippen molar-refractivity contribution < 1.29 is 4.74 Å². The Morgan fingerprint density at radius 1 is 1.14 bits per heavy atom. The van der Waals surface area contributed by atoms with Crippen LogP contribution in [0, 0.1) is 5.92 Å². The van der Waals surface area contributed by atoms with Crippen molar-refractivity contribution in [3.63, 3.8) is 0 Å². The van der Waals surface area contributed by atoms with Gasteiger partial charge < -0.3 is 15.4 Å². The number of rotatable bonds is 5. The van der Waals surface area contributed by atoms with Crippen LogP contribution in [-0.2, 0) is 4.74 Å². The Morgan fingerprint density at radius 2 is 1.81 bits per heavy atom. The van der Waals surface area contributed by atoms with Crippen LogP contribution in [-0.4, -0.2) is 66.8 Å². The summed E-state index contributed by atoms with van der Waals surface area (Å²) in [5, 5.41) is 0. The van der Waals surface area contributed by atoms with Gasteiger partial charge in [0.15, 0.2) is 0 Å². The van der Waals surface area contributed by atoms with Gasteiger partial charge in [0.2, 0.25) is 0 Å². The number of nitrogens with two attached hydrogens (primary N) is 1. The Labute approximate surface area is 131 Å². The maximum absolute atomic E-state index is 6.21. The monoisotopic (exact) mass is 297 g/mol. The summed E-state index contributed by atoms with van der Waals surface area (Å²) in [6.07, 6.45) is 3.45. The zero-order valence-electron chi connectivity index (χ0n) is 14.5. The highest BCUT2D eigenvalue weighted by molar-refractivity contribution is 5.00. The summed E-state index contributed by atoms with van der Waals surface area (Å²) in [7, 11) is 0. The Balaban J connectivity index is 1.90. The van der Waals surface area contributed by atoms with E-state index in [0.29, 0.717) is 0 Å². The number of nitrogens with zero attached hydrogens (tertiary/aromatic N) is 2. The summed E-state index contributed by atoms with van der Waals surface area (Å²) in [5.41, 5.74) is 6.34. The first kappa shape index (κ1) is 17.2. The van der Waals surface area contributed by atoms with Crippen molar-refractivity contribution in [2.75, 3.05) is 45.9 Å². The van der Waals surface area contributed by atoms with E-state index in [-0.39, 0.29) is 11.1 Å². The van der Waals surface area contributed by atoms with Crippen molar-refractivity contribution in [1.29, 1.82) is 0 Å². The van der Waals surface area contributed by atoms with Crippen LogP contribution < -0.4 is 5.73 Å². The van der Waals surface area contributed by atoms with E-state index in [9.17, 15) is 0 Å². The molecule has 124 valence electrons. The van der Waals surface area contributed by atoms with Crippen molar-refractivity contribution in [1.82, 2.24) is 9.80 Å². The lowest BCUT2D eigenvalue weighted by atomic mass is 9.79. The quantitative estimate of drug-likeness (QED) is 0.842. The molecule has 0 aliphatic carbocycles. The molecule has 0 bridgehead atoms. The van der Waals surface area contributed by atoms with E-state index in [4.69, 9.17) is 10.5 Å². The van der Waals surface area contributed by atoms with Crippen molar-refractivity contribution in [3.8, 4) is 0 Å². The highest BCUT2D eigenvalue weighted by Gasteiger charge is 2.44. The Morgan fingerprint density at radius 3 is 2.33 bits per heavy atom. The third-order valence-electron chi connectivity index (χ3n) is 5.26. The van der Waals surface area contributed by atoms with Crippen molar-refractivity contribution in [2.24, 2.45) is 11.7 Å². The van der Waals surface area contributed by atoms with E-state index >= 15 is 0 Å². The summed E-state index contributed by atoms with van der Waals surface area (Å²) in [6, 6.07) is 0. The highest BCUT2D eigenvalue weighted by Crippen LogP contribution is 2.36. The molecular formula is C17H35N3O. The Bertz CT molecular complexity index is 324. The second-order valence-electron chi connectivity index (χ2n) is 7.97. The molecule has 0 aromatic carbocycles. The Kier molecular flexibility index (Phi) is 5.69. The first-order valence-corrected chi connectivity index (χ1v) is 8.68. The maximum Gasteiger partial charge on any atom is 0.0644 e. The van der Waals surface area contributed by atoms with Crippen LogP contribution in [0.1, 0.15) is 47.0 Å². The average Bonchev–Trinajstić information content (AvgIpc) is 2.44. The minimum Gasteiger partial charge on any atom is -0.375 e. The summed E-state index contributed by atoms with van der Waals surface area (Å²) in [5.74, 6) is 0.801. The number of hydrogen-bond acceptors (Lipinski definition) is 4. The zero-order valence-corrected chi connectivity index (χ0v) is 14.5. The molecule has 0 radical (unpaired) electrons. The summed E-state index contributed by atoms with van der Waals surface area (Å²) in [4.78, 5) is 5.27. The van der Waals surface area contributed by atoms with Crippen LogP contribution in [0.2, 0.25) is 0 Å². The third-order valence-corrected chi connectivity index (χ3v) is 5.26. The molecule has 2 aliphatic rings. The lowest BCUT2D eigenvalue weighted by Crippen LogP contribution is -2.64. The fraction of sp³-hybridized carbons (Fsp3) is 1.00. The largest absolute Gasteiger partial charge is 0.375 e. The van der Waals surface area contributed by atoms with Crippen LogP contribution >= 0.6 is 0 Å². The van der Waals surface area contributed by atoms with E-state index in [0.717, 1.165) is 45.0 Å². The topological polar surface area (TPSA) is 41.7 Å². The lowest BCUT2D eigenvalue weighted by molar-refractivity contribution is -0.124. The van der Waals surface area contributed by atoms with Gasteiger partial charge in [0, 0.05) is 44.9 Å². The van der Waals surface area contributed by atoms with Gasteiger partial charge in [-0.2, -0.15) is 0 Å². The Hall–Kier alpha value is -0.160. The van der Waals surface area contributed by atoms with Crippen LogP contribution in [0.4, 0.5) is 0 Å².